The molecule has 132 heavy (non-hydrogen) atoms. The summed E-state index contributed by atoms with van der Waals surface area (Å²) in [5, 5.41) is 26.4. The van der Waals surface area contributed by atoms with Crippen molar-refractivity contribution < 1.29 is 101 Å². The highest BCUT2D eigenvalue weighted by molar-refractivity contribution is 6.26. The lowest BCUT2D eigenvalue weighted by atomic mass is 9.78. The Morgan fingerprint density at radius 2 is 0.818 bits per heavy atom. The van der Waals surface area contributed by atoms with Crippen LogP contribution in [0.4, 0.5) is 0 Å². The number of carbonyl (C=O) groups is 13. The maximum Gasteiger partial charge on any atom is 0.309 e. The highest BCUT2D eigenvalue weighted by Crippen LogP contribution is 2.44. The number of fused-ring (bicyclic) bond motifs is 4. The fraction of sp³-hybridized carbons (Fsp3) is 0.442. The van der Waals surface area contributed by atoms with E-state index in [0.717, 1.165) is 125 Å². The summed E-state index contributed by atoms with van der Waals surface area (Å²) in [6.45, 7) is 8.74. The van der Waals surface area contributed by atoms with Crippen molar-refractivity contribution in [2.45, 2.75) is 102 Å². The summed E-state index contributed by atoms with van der Waals surface area (Å²) in [4.78, 5) is 205. The van der Waals surface area contributed by atoms with E-state index < -0.39 is 65.3 Å². The van der Waals surface area contributed by atoms with Gasteiger partial charge in [-0.2, -0.15) is 0 Å². The van der Waals surface area contributed by atoms with Crippen LogP contribution in [0.3, 0.4) is 0 Å². The van der Waals surface area contributed by atoms with Crippen molar-refractivity contribution in [1.82, 2.24) is 69.4 Å². The number of carboxylic acids is 1. The van der Waals surface area contributed by atoms with Crippen molar-refractivity contribution in [1.29, 1.82) is 0 Å². The highest BCUT2D eigenvalue weighted by atomic mass is 16.5. The van der Waals surface area contributed by atoms with Crippen molar-refractivity contribution in [3.63, 3.8) is 0 Å². The zero-order valence-corrected chi connectivity index (χ0v) is 74.3. The zero-order chi connectivity index (χ0) is 93.5. The number of hydrogen-bond acceptors (Lipinski definition) is 26. The van der Waals surface area contributed by atoms with Crippen LogP contribution in [0, 0.1) is 35.5 Å². The van der Waals surface area contributed by atoms with Gasteiger partial charge in [0.2, 0.25) is 29.5 Å². The van der Waals surface area contributed by atoms with E-state index >= 15 is 0 Å². The molecular weight excluding hydrogens is 1710 g/mol. The van der Waals surface area contributed by atoms with Crippen LogP contribution >= 0.6 is 0 Å². The van der Waals surface area contributed by atoms with Gasteiger partial charge in [-0.1, -0.05) is 12.1 Å². The fourth-order valence-corrected chi connectivity index (χ4v) is 19.9. The van der Waals surface area contributed by atoms with Gasteiger partial charge >= 0.3 is 5.97 Å². The van der Waals surface area contributed by atoms with Crippen LogP contribution in [-0.4, -0.2) is 273 Å². The Morgan fingerprint density at radius 1 is 0.455 bits per heavy atom. The van der Waals surface area contributed by atoms with Crippen molar-refractivity contribution in [3.8, 4) is 56.8 Å². The van der Waals surface area contributed by atoms with E-state index in [1.807, 2.05) is 57.3 Å². The van der Waals surface area contributed by atoms with E-state index in [0.29, 0.717) is 117 Å². The van der Waals surface area contributed by atoms with Crippen molar-refractivity contribution in [3.05, 3.63) is 164 Å². The Labute approximate surface area is 758 Å². The molecule has 10 aliphatic rings. The molecule has 10 aliphatic heterocycles. The van der Waals surface area contributed by atoms with Gasteiger partial charge in [0, 0.05) is 154 Å². The molecule has 18 rings (SSSR count). The summed E-state index contributed by atoms with van der Waals surface area (Å²) in [7, 11) is 9.89. The quantitative estimate of drug-likeness (QED) is 0.0410. The van der Waals surface area contributed by atoms with Gasteiger partial charge in [0.1, 0.15) is 46.6 Å². The Bertz CT molecular complexity index is 5940. The van der Waals surface area contributed by atoms with E-state index in [-0.39, 0.29) is 120 Å². The summed E-state index contributed by atoms with van der Waals surface area (Å²) >= 11 is 0. The summed E-state index contributed by atoms with van der Waals surface area (Å²) < 4.78 is 37.8. The molecule has 37 heteroatoms. The molecule has 2 unspecified atom stereocenters. The lowest BCUT2D eigenvalue weighted by Crippen LogP contribution is -2.55. The van der Waals surface area contributed by atoms with Crippen molar-refractivity contribution in [2.75, 3.05) is 120 Å². The molecule has 11 amide bonds. The van der Waals surface area contributed by atoms with E-state index in [1.54, 1.807) is 101 Å². The maximum absolute atomic E-state index is 13.7. The fourth-order valence-electron chi connectivity index (χ4n) is 19.9. The molecule has 8 saturated heterocycles. The number of aryl methyl sites for hydroxylation is 2. The molecule has 5 N–H and O–H groups in total. The summed E-state index contributed by atoms with van der Waals surface area (Å²) in [6.07, 6.45) is 18.2. The molecule has 8 fully saturated rings. The second-order valence-corrected chi connectivity index (χ2v) is 34.7. The number of nitrogens with one attached hydrogen (secondary N) is 3. The molecule has 0 aliphatic carbocycles. The van der Waals surface area contributed by atoms with Gasteiger partial charge in [-0.25, -0.2) is 0 Å². The van der Waals surface area contributed by atoms with Gasteiger partial charge < -0.3 is 67.8 Å². The number of methoxy groups -OCH3 is 4. The molecule has 0 bridgehead atoms. The number of hydrogen-bond donors (Lipinski definition) is 5. The van der Waals surface area contributed by atoms with Crippen LogP contribution in [0.25, 0.3) is 43.8 Å². The number of ether oxygens (including phenoxy) is 6. The maximum atomic E-state index is 13.7. The molecule has 694 valence electrons. The van der Waals surface area contributed by atoms with E-state index in [4.69, 9.17) is 43.4 Å². The number of imide groups is 4. The monoisotopic (exact) mass is 1810 g/mol. The number of piperidine rings is 6. The number of rotatable bonds is 22. The largest absolute Gasteiger partial charge is 0.496 e. The molecule has 37 nitrogen and oxygen atoms in total. The predicted octanol–water partition coefficient (Wildman–Crippen LogP) is 5.55. The molecule has 4 aromatic carbocycles. The number of carbonyl (C=O) groups excluding carboxylic acids is 11. The van der Waals surface area contributed by atoms with Gasteiger partial charge in [0.25, 0.3) is 53.0 Å². The number of likely N-dealkylation sites (tertiary alicyclic amines) is 5. The van der Waals surface area contributed by atoms with Gasteiger partial charge in [-0.3, -0.25) is 112 Å². The summed E-state index contributed by atoms with van der Waals surface area (Å²) in [5.41, 5.74) is 5.26. The van der Waals surface area contributed by atoms with Crippen LogP contribution < -0.4 is 55.5 Å². The smallest absolute Gasteiger partial charge is 0.309 e. The SMILES string of the molecule is COc1cc(-c2cn(C)c(=O)c3cnccc23)cc(OC)c1CN1CC(C(=O)N2CCC(C3CCN(C(=O)COc4cccc5c4C(=O)N(C4CCC(=O)NC4=O)C5=O)CC3)CC2)C1.COc1cc(-c2cn(C)c(=O)c3cnccc23)cc(OC)c1CN1CC(C(=O)O)C1.O=C1CCC(N2C(=O)c3cccc(OCC(=O)N4CCC(C5CCNCC5)CC4)c3C2=O)C(=O)N1.O=CO. The van der Waals surface area contributed by atoms with Gasteiger partial charge in [-0.05, 0) is 184 Å². The highest BCUT2D eigenvalue weighted by Gasteiger charge is 2.49. The minimum Gasteiger partial charge on any atom is -0.496 e. The topological polar surface area (TPSA) is 446 Å². The molecule has 0 radical (unpaired) electrons. The van der Waals surface area contributed by atoms with Crippen LogP contribution in [0.5, 0.6) is 34.5 Å². The van der Waals surface area contributed by atoms with E-state index in [1.165, 1.54) is 35.6 Å². The van der Waals surface area contributed by atoms with E-state index in [2.05, 4.69) is 30.8 Å². The van der Waals surface area contributed by atoms with Crippen LogP contribution in [0.2, 0.25) is 0 Å². The molecule has 0 saturated carbocycles. The Kier molecular flexibility index (Phi) is 28.6. The minimum atomic E-state index is -1.09. The standard InChI is InChI=1S/C47H51N7O10.C25H30N4O6.C22H23N3O5.CH2O2/c1-50-24-34(31-9-14-48-21-33(31)45(50)59)29-19-38(62-2)35(39(20-29)63-3)25-51-22-30(23-51)44(58)53-17-12-28(13-18-53)27-10-15-52(16-11-27)41(56)26-64-37-6-4-5-32-42(37)47(61)54(46(32)60)36-7-8-40(55)49-43(36)57;30-20-5-4-18(23(32)27-20)29-24(33)17-2-1-3-19(22(17)25(29)34)35-14-21(31)28-12-8-16(9-13-28)15-6-10-26-11-7-15;1-24-11-17(15-4-5-23-8-16(15)21(24)26)13-6-19(29-2)18(20(7-13)30-3)12-25-9-14(10-25)22(27)28;2-1-3/h4-6,9,14,19-21,24,27-28,30,36H,7-8,10-13,15-18,22-23,25-26H2,1-3H3,(H,49,55,57);1-3,15-16,18,26H,4-14H2,(H,27,30,32);4-8,11,14H,9-10,12H2,1-3H3,(H,27,28);1H,(H,2,3). The lowest BCUT2D eigenvalue weighted by Gasteiger charge is -2.44. The Hall–Kier alpha value is -13.8. The number of aliphatic carboxylic acids is 1. The Morgan fingerprint density at radius 3 is 1.18 bits per heavy atom. The number of benzene rings is 4. The zero-order valence-electron chi connectivity index (χ0n) is 74.3. The second kappa shape index (κ2) is 40.7. The molecule has 4 aromatic heterocycles. The average molecular weight is 1810 g/mol. The molecule has 0 spiro atoms. The molecular formula is C95H106N14O23. The van der Waals surface area contributed by atoms with Crippen molar-refractivity contribution >= 4 is 99.0 Å². The lowest BCUT2D eigenvalue weighted by molar-refractivity contribution is -0.148. The third-order valence-electron chi connectivity index (χ3n) is 27.1. The molecule has 14 heterocycles. The van der Waals surface area contributed by atoms with Gasteiger partial charge in [0.05, 0.1) is 84.4 Å². The number of nitrogens with zero attached hydrogens (tertiary/aromatic N) is 11. The van der Waals surface area contributed by atoms with Crippen LogP contribution in [0.1, 0.15) is 130 Å². The normalized spacial score (nSPS) is 19.5. The first-order valence-electron chi connectivity index (χ1n) is 44.3. The van der Waals surface area contributed by atoms with Crippen LogP contribution in [-0.2, 0) is 70.3 Å². The second-order valence-electron chi connectivity index (χ2n) is 34.7. The van der Waals surface area contributed by atoms with Crippen LogP contribution in [0.15, 0.2) is 120 Å². The number of pyridine rings is 4. The van der Waals surface area contributed by atoms with Crippen molar-refractivity contribution in [2.24, 2.45) is 49.6 Å². The number of carboxylic acid groups (broad SMARTS) is 2. The number of amides is 11. The first kappa shape index (κ1) is 92.9. The first-order valence-corrected chi connectivity index (χ1v) is 44.3. The summed E-state index contributed by atoms with van der Waals surface area (Å²) in [6, 6.07) is 18.5. The van der Waals surface area contributed by atoms with Gasteiger partial charge in [0.15, 0.2) is 13.2 Å². The average Bonchev–Trinajstić information content (AvgIpc) is 1.68. The number of aromatic nitrogens is 4. The third kappa shape index (κ3) is 19.4. The van der Waals surface area contributed by atoms with Gasteiger partial charge in [-0.15, -0.1) is 0 Å². The molecule has 8 aromatic rings. The predicted molar refractivity (Wildman–Crippen MR) is 476 cm³/mol. The first-order chi connectivity index (χ1) is 63.7. The Balaban J connectivity index is 0.000000164. The van der Waals surface area contributed by atoms with E-state index in [9.17, 15) is 67.1 Å². The minimum absolute atomic E-state index is 0.0131. The third-order valence-corrected chi connectivity index (χ3v) is 27.1. The molecule has 2 atom stereocenters. The summed E-state index contributed by atoms with van der Waals surface area (Å²) in [5.74, 6) is -0.964.